The van der Waals surface area contributed by atoms with Crippen molar-refractivity contribution in [1.29, 1.82) is 0 Å². The van der Waals surface area contributed by atoms with Gasteiger partial charge in [0.2, 0.25) is 0 Å². The maximum atomic E-state index is 2.72. The van der Waals surface area contributed by atoms with Crippen LogP contribution in [-0.2, 0) is 10.8 Å². The lowest BCUT2D eigenvalue weighted by Crippen LogP contribution is -2.31. The quantitative estimate of drug-likeness (QED) is 0.0561. The van der Waals surface area contributed by atoms with Gasteiger partial charge in [-0.15, -0.1) is 0 Å². The largest absolute Gasteiger partial charge is 0.0654 e. The Balaban J connectivity index is 1.47. The van der Waals surface area contributed by atoms with Gasteiger partial charge in [0.05, 0.1) is 0 Å². The summed E-state index contributed by atoms with van der Waals surface area (Å²) in [4.78, 5) is 0. The van der Waals surface area contributed by atoms with E-state index in [4.69, 9.17) is 0 Å². The molecule has 0 spiro atoms. The zero-order valence-corrected chi connectivity index (χ0v) is 42.6. The molecule has 63 heavy (non-hydrogen) atoms. The summed E-state index contributed by atoms with van der Waals surface area (Å²) in [5, 5.41) is 0. The molecular weight excluding hydrogens is 757 g/mol. The van der Waals surface area contributed by atoms with Gasteiger partial charge < -0.3 is 0 Å². The van der Waals surface area contributed by atoms with Gasteiger partial charge in [-0.2, -0.15) is 0 Å². The van der Waals surface area contributed by atoms with Gasteiger partial charge in [-0.25, -0.2) is 0 Å². The molecule has 0 bridgehead atoms. The van der Waals surface area contributed by atoms with Crippen molar-refractivity contribution in [2.75, 3.05) is 0 Å². The molecule has 2 aliphatic rings. The zero-order valence-electron chi connectivity index (χ0n) is 42.6. The second-order valence-electron chi connectivity index (χ2n) is 22.5. The topological polar surface area (TPSA) is 0 Å². The molecule has 0 radical (unpaired) electrons. The summed E-state index contributed by atoms with van der Waals surface area (Å²) in [7, 11) is 0. The van der Waals surface area contributed by atoms with Crippen LogP contribution in [0.15, 0.2) is 78.9 Å². The van der Waals surface area contributed by atoms with Crippen LogP contribution < -0.4 is 0 Å². The first-order valence-corrected chi connectivity index (χ1v) is 26.9. The highest BCUT2D eigenvalue weighted by molar-refractivity contribution is 5.87. The van der Waals surface area contributed by atoms with Crippen molar-refractivity contribution in [2.24, 2.45) is 35.5 Å². The highest BCUT2D eigenvalue weighted by atomic mass is 14.5. The maximum Gasteiger partial charge on any atom is 0.0220 e. The smallest absolute Gasteiger partial charge is 0.0220 e. The van der Waals surface area contributed by atoms with Crippen LogP contribution in [0.5, 0.6) is 0 Å². The lowest BCUT2D eigenvalue weighted by molar-refractivity contribution is 0.266. The predicted octanol–water partition coefficient (Wildman–Crippen LogP) is 19.9. The van der Waals surface area contributed by atoms with Gasteiger partial charge in [0.25, 0.3) is 0 Å². The van der Waals surface area contributed by atoms with E-state index in [9.17, 15) is 0 Å². The lowest BCUT2D eigenvalue weighted by atomic mass is 9.65. The van der Waals surface area contributed by atoms with E-state index in [0.717, 1.165) is 35.5 Å². The molecule has 4 aromatic rings. The molecule has 4 atom stereocenters. The molecular formula is C63H92. The Morgan fingerprint density at radius 1 is 0.413 bits per heavy atom. The van der Waals surface area contributed by atoms with Gasteiger partial charge in [0, 0.05) is 10.8 Å². The molecule has 0 saturated heterocycles. The van der Waals surface area contributed by atoms with Crippen LogP contribution in [0.2, 0.25) is 0 Å². The molecule has 0 aliphatic heterocycles. The minimum Gasteiger partial charge on any atom is -0.0654 e. The molecule has 0 N–H and O–H groups in total. The van der Waals surface area contributed by atoms with Crippen LogP contribution in [0.25, 0.3) is 33.4 Å². The Hall–Kier alpha value is -3.12. The molecule has 2 unspecified atom stereocenters. The first-order chi connectivity index (χ1) is 30.4. The summed E-state index contributed by atoms with van der Waals surface area (Å²) in [5.74, 6) is 4.53. The van der Waals surface area contributed by atoms with Crippen molar-refractivity contribution >= 4 is 0 Å². The van der Waals surface area contributed by atoms with Gasteiger partial charge in [-0.05, 0) is 149 Å². The fourth-order valence-corrected chi connectivity index (χ4v) is 12.5. The number of hydrogen-bond acceptors (Lipinski definition) is 0. The van der Waals surface area contributed by atoms with Crippen LogP contribution in [0.1, 0.15) is 225 Å². The molecule has 0 saturated carbocycles. The van der Waals surface area contributed by atoms with E-state index in [1.54, 1.807) is 22.3 Å². The van der Waals surface area contributed by atoms with Crippen LogP contribution in [-0.4, -0.2) is 0 Å². The van der Waals surface area contributed by atoms with E-state index in [0.29, 0.717) is 0 Å². The summed E-state index contributed by atoms with van der Waals surface area (Å²) >= 11 is 0. The first-order valence-electron chi connectivity index (χ1n) is 26.9. The van der Waals surface area contributed by atoms with Crippen molar-refractivity contribution in [1.82, 2.24) is 0 Å². The number of aryl methyl sites for hydroxylation is 1. The maximum absolute atomic E-state index is 2.72. The van der Waals surface area contributed by atoms with Crippen molar-refractivity contribution in [3.8, 4) is 33.4 Å². The van der Waals surface area contributed by atoms with E-state index >= 15 is 0 Å². The minimum absolute atomic E-state index is 0.0449. The Bertz CT molecular complexity index is 1980. The van der Waals surface area contributed by atoms with Crippen LogP contribution in [0.4, 0.5) is 0 Å². The first kappa shape index (κ1) is 49.3. The van der Waals surface area contributed by atoms with Crippen LogP contribution in [0, 0.1) is 42.4 Å². The van der Waals surface area contributed by atoms with E-state index in [-0.39, 0.29) is 10.8 Å². The number of benzene rings is 4. The summed E-state index contributed by atoms with van der Waals surface area (Å²) in [6.45, 7) is 26.7. The van der Waals surface area contributed by atoms with Crippen LogP contribution >= 0.6 is 0 Å². The van der Waals surface area contributed by atoms with Crippen molar-refractivity contribution in [3.63, 3.8) is 0 Å². The highest BCUT2D eigenvalue weighted by Gasteiger charge is 2.46. The summed E-state index contributed by atoms with van der Waals surface area (Å²) in [6, 6.07) is 32.6. The highest BCUT2D eigenvalue weighted by Crippen LogP contribution is 2.59. The van der Waals surface area contributed by atoms with E-state index < -0.39 is 0 Å². The Morgan fingerprint density at radius 3 is 1.33 bits per heavy atom. The normalized spacial score (nSPS) is 18.0. The Morgan fingerprint density at radius 2 is 0.857 bits per heavy atom. The van der Waals surface area contributed by atoms with Gasteiger partial charge in [0.15, 0.2) is 0 Å². The molecule has 0 heteroatoms. The Kier molecular flexibility index (Phi) is 17.9. The standard InChI is InChI=1S/C63H92/c1-12-16-26-50(14-3)43-63(44-51(15-4)27-17-13-2)58-29-19-18-28-54(58)56-34-31-53(42-61(56)63)52-32-35-57-55-33-30-49(11)40-59(55)62(60(57)41-52,38-36-47(9)24-20-22-45(5)6)39-37-48(10)25-21-23-46(7)8/h18-19,28-35,40-42,45-48,50-51H,12-17,20-27,36-39,43-44H2,1-11H3/t47-,48-,50?,51?,63?/m0/s1. The Labute approximate surface area is 389 Å². The number of hydrogen-bond donors (Lipinski definition) is 0. The molecule has 6 rings (SSSR count). The van der Waals surface area contributed by atoms with Gasteiger partial charge in [-0.3, -0.25) is 0 Å². The summed E-state index contributed by atoms with van der Waals surface area (Å²) in [5.41, 5.74) is 16.8. The van der Waals surface area contributed by atoms with Gasteiger partial charge in [0.1, 0.15) is 0 Å². The zero-order chi connectivity index (χ0) is 45.1. The fraction of sp³-hybridized carbons (Fsp3) is 0.619. The van der Waals surface area contributed by atoms with Crippen molar-refractivity contribution in [2.45, 2.75) is 215 Å². The predicted molar refractivity (Wildman–Crippen MR) is 279 cm³/mol. The summed E-state index contributed by atoms with van der Waals surface area (Å²) in [6.07, 6.45) is 26.2. The molecule has 2 aliphatic carbocycles. The molecule has 0 aromatic heterocycles. The minimum atomic E-state index is 0.0449. The molecule has 0 amide bonds. The third-order valence-corrected chi connectivity index (χ3v) is 16.6. The van der Waals surface area contributed by atoms with Crippen molar-refractivity contribution < 1.29 is 0 Å². The van der Waals surface area contributed by atoms with E-state index in [2.05, 4.69) is 155 Å². The number of fused-ring (bicyclic) bond motifs is 6. The third-order valence-electron chi connectivity index (χ3n) is 16.6. The number of unbranched alkanes of at least 4 members (excludes halogenated alkanes) is 2. The average molecular weight is 849 g/mol. The van der Waals surface area contributed by atoms with Crippen molar-refractivity contribution in [3.05, 3.63) is 107 Å². The second kappa shape index (κ2) is 22.9. The monoisotopic (exact) mass is 849 g/mol. The van der Waals surface area contributed by atoms with E-state index in [1.807, 2.05) is 0 Å². The lowest BCUT2D eigenvalue weighted by Gasteiger charge is -2.39. The number of rotatable bonds is 27. The second-order valence-corrected chi connectivity index (χ2v) is 22.5. The van der Waals surface area contributed by atoms with Gasteiger partial charge in [-0.1, -0.05) is 231 Å². The average Bonchev–Trinajstić information content (AvgIpc) is 3.69. The molecule has 344 valence electrons. The summed E-state index contributed by atoms with van der Waals surface area (Å²) < 4.78 is 0. The molecule has 4 aromatic carbocycles. The SMILES string of the molecule is CCCCC(CC)CC1(CC(CC)CCCC)c2ccccc2-c2ccc(-c3ccc4c(c3)C(CC[C@@H](C)CCCC(C)C)(CC[C@@H](C)CCCC(C)C)c3cc(C)ccc3-4)cc21. The van der Waals surface area contributed by atoms with E-state index in [1.165, 1.54) is 167 Å². The van der Waals surface area contributed by atoms with Gasteiger partial charge >= 0.3 is 0 Å². The third kappa shape index (κ3) is 11.5. The molecule has 0 nitrogen and oxygen atoms in total. The fourth-order valence-electron chi connectivity index (χ4n) is 12.5. The molecule has 0 heterocycles. The van der Waals surface area contributed by atoms with Crippen LogP contribution in [0.3, 0.4) is 0 Å². The molecule has 0 fully saturated rings.